The fourth-order valence-electron chi connectivity index (χ4n) is 9.54. The molecule has 0 aromatic carbocycles. The average molecular weight is 1010 g/mol. The fraction of sp³-hybridized carbons (Fsp3) is 0.864. The highest BCUT2D eigenvalue weighted by molar-refractivity contribution is 5.71. The Hall–Kier alpha value is -2.37. The first-order chi connectivity index (χ1) is 35.5. The number of carbonyl (C=O) groups is 3. The van der Waals surface area contributed by atoms with Gasteiger partial charge in [-0.3, -0.25) is 14.4 Å². The van der Waals surface area contributed by atoms with Crippen LogP contribution in [0.3, 0.4) is 0 Å². The Morgan fingerprint density at radius 2 is 0.528 bits per heavy atom. The van der Waals surface area contributed by atoms with Gasteiger partial charge in [0.2, 0.25) is 0 Å². The first kappa shape index (κ1) is 69.6. The highest BCUT2D eigenvalue weighted by Crippen LogP contribution is 2.18. The van der Waals surface area contributed by atoms with Crippen molar-refractivity contribution < 1.29 is 28.6 Å². The Morgan fingerprint density at radius 1 is 0.278 bits per heavy atom. The minimum atomic E-state index is -0.780. The second-order valence-electron chi connectivity index (χ2n) is 21.7. The third kappa shape index (κ3) is 58.5. The molecule has 1 unspecified atom stereocenters. The van der Waals surface area contributed by atoms with Gasteiger partial charge in [-0.1, -0.05) is 295 Å². The van der Waals surface area contributed by atoms with Crippen LogP contribution in [0.4, 0.5) is 0 Å². The zero-order valence-electron chi connectivity index (χ0n) is 48.5. The van der Waals surface area contributed by atoms with Crippen LogP contribution in [0, 0.1) is 0 Å². The van der Waals surface area contributed by atoms with Crippen LogP contribution >= 0.6 is 0 Å². The Bertz CT molecular complexity index is 1210. The van der Waals surface area contributed by atoms with Gasteiger partial charge >= 0.3 is 17.9 Å². The molecule has 0 saturated heterocycles. The lowest BCUT2D eigenvalue weighted by atomic mass is 10.0. The standard InChI is InChI=1S/C66H122O6/c1-4-7-10-13-16-19-22-25-27-29-30-31-32-33-34-35-36-37-39-41-44-47-50-53-56-59-65(68)71-62-63(61-70-64(67)58-55-52-49-46-43-40-24-21-18-15-12-9-6-3)72-66(69)60-57-54-51-48-45-42-38-28-26-23-20-17-14-11-8-5-2/h12,15,21,24,28,38,63H,4-11,13-14,16-20,22-23,25-27,29-37,39-62H2,1-3H3/b15-12-,24-21-,38-28-. The molecule has 6 heteroatoms. The van der Waals surface area contributed by atoms with Crippen LogP contribution in [-0.2, 0) is 28.6 Å². The lowest BCUT2D eigenvalue weighted by Crippen LogP contribution is -2.30. The van der Waals surface area contributed by atoms with Crippen molar-refractivity contribution in [2.75, 3.05) is 13.2 Å². The van der Waals surface area contributed by atoms with Crippen LogP contribution < -0.4 is 0 Å². The second-order valence-corrected chi connectivity index (χ2v) is 21.7. The molecule has 0 aromatic rings. The zero-order valence-corrected chi connectivity index (χ0v) is 48.5. The second kappa shape index (κ2) is 61.2. The summed E-state index contributed by atoms with van der Waals surface area (Å²) < 4.78 is 16.9. The number of esters is 3. The topological polar surface area (TPSA) is 78.9 Å². The predicted molar refractivity (Wildman–Crippen MR) is 312 cm³/mol. The molecule has 0 spiro atoms. The molecule has 0 aliphatic rings. The number of hydrogen-bond donors (Lipinski definition) is 0. The predicted octanol–water partition coefficient (Wildman–Crippen LogP) is 21.6. The van der Waals surface area contributed by atoms with Crippen LogP contribution in [0.25, 0.3) is 0 Å². The SMILES string of the molecule is CCC/C=C\C/C=C\CCCCCCCC(=O)OCC(COC(=O)CCCCCCCCCCCCCCCCCCCCCCCCCCC)OC(=O)CCCCCCC/C=C\CCCCCCCCC. The minimum Gasteiger partial charge on any atom is -0.462 e. The third-order valence-corrected chi connectivity index (χ3v) is 14.3. The van der Waals surface area contributed by atoms with Crippen molar-refractivity contribution >= 4 is 17.9 Å². The van der Waals surface area contributed by atoms with Gasteiger partial charge in [0, 0.05) is 19.3 Å². The van der Waals surface area contributed by atoms with E-state index in [1.165, 1.54) is 218 Å². The van der Waals surface area contributed by atoms with E-state index in [0.29, 0.717) is 19.3 Å². The van der Waals surface area contributed by atoms with Crippen molar-refractivity contribution in [2.45, 2.75) is 354 Å². The Labute approximate surface area is 448 Å². The Morgan fingerprint density at radius 3 is 0.833 bits per heavy atom. The van der Waals surface area contributed by atoms with Gasteiger partial charge in [-0.05, 0) is 70.6 Å². The van der Waals surface area contributed by atoms with Gasteiger partial charge in [-0.2, -0.15) is 0 Å². The summed E-state index contributed by atoms with van der Waals surface area (Å²) in [5.41, 5.74) is 0. The molecular formula is C66H122O6. The number of hydrogen-bond acceptors (Lipinski definition) is 6. The quantitative estimate of drug-likeness (QED) is 0.0261. The summed E-state index contributed by atoms with van der Waals surface area (Å²) in [7, 11) is 0. The van der Waals surface area contributed by atoms with Gasteiger partial charge < -0.3 is 14.2 Å². The van der Waals surface area contributed by atoms with E-state index in [2.05, 4.69) is 57.2 Å². The maximum absolute atomic E-state index is 12.9. The van der Waals surface area contributed by atoms with Crippen LogP contribution in [0.2, 0.25) is 0 Å². The van der Waals surface area contributed by atoms with Crippen LogP contribution in [0.5, 0.6) is 0 Å². The maximum atomic E-state index is 12.9. The van der Waals surface area contributed by atoms with Crippen molar-refractivity contribution in [3.8, 4) is 0 Å². The van der Waals surface area contributed by atoms with Crippen molar-refractivity contribution in [3.63, 3.8) is 0 Å². The molecule has 1 atom stereocenters. The van der Waals surface area contributed by atoms with E-state index < -0.39 is 6.10 Å². The molecule has 0 radical (unpaired) electrons. The fourth-order valence-corrected chi connectivity index (χ4v) is 9.54. The summed E-state index contributed by atoms with van der Waals surface area (Å²) in [4.78, 5) is 38.2. The first-order valence-electron chi connectivity index (χ1n) is 32.0. The number of carbonyl (C=O) groups excluding carboxylic acids is 3. The molecule has 0 saturated carbocycles. The largest absolute Gasteiger partial charge is 0.462 e. The lowest BCUT2D eigenvalue weighted by molar-refractivity contribution is -0.167. The Kier molecular flexibility index (Phi) is 59.2. The molecule has 0 N–H and O–H groups in total. The van der Waals surface area contributed by atoms with Gasteiger partial charge in [0.1, 0.15) is 13.2 Å². The van der Waals surface area contributed by atoms with E-state index in [9.17, 15) is 14.4 Å². The Balaban J connectivity index is 4.23. The van der Waals surface area contributed by atoms with Crippen LogP contribution in [0.15, 0.2) is 36.5 Å². The molecule has 0 heterocycles. The molecule has 422 valence electrons. The summed E-state index contributed by atoms with van der Waals surface area (Å²) in [6.45, 7) is 6.61. The molecule has 0 aliphatic carbocycles. The molecule has 0 rings (SSSR count). The van der Waals surface area contributed by atoms with E-state index in [1.54, 1.807) is 0 Å². The normalized spacial score (nSPS) is 12.2. The first-order valence-corrected chi connectivity index (χ1v) is 32.0. The monoisotopic (exact) mass is 1010 g/mol. The van der Waals surface area contributed by atoms with Crippen molar-refractivity contribution in [3.05, 3.63) is 36.5 Å². The molecule has 0 fully saturated rings. The molecule has 0 aliphatic heterocycles. The van der Waals surface area contributed by atoms with Crippen molar-refractivity contribution in [1.29, 1.82) is 0 Å². The van der Waals surface area contributed by atoms with Crippen molar-refractivity contribution in [1.82, 2.24) is 0 Å². The number of unbranched alkanes of at least 4 members (excludes halogenated alkanes) is 42. The molecule has 0 amide bonds. The molecular weight excluding hydrogens is 889 g/mol. The molecule has 72 heavy (non-hydrogen) atoms. The van der Waals surface area contributed by atoms with Crippen molar-refractivity contribution in [2.24, 2.45) is 0 Å². The van der Waals surface area contributed by atoms with Gasteiger partial charge in [0.05, 0.1) is 0 Å². The average Bonchev–Trinajstić information content (AvgIpc) is 3.38. The summed E-state index contributed by atoms with van der Waals surface area (Å²) in [6, 6.07) is 0. The van der Waals surface area contributed by atoms with E-state index in [-0.39, 0.29) is 31.1 Å². The van der Waals surface area contributed by atoms with E-state index in [4.69, 9.17) is 14.2 Å². The van der Waals surface area contributed by atoms with Crippen LogP contribution in [0.1, 0.15) is 348 Å². The maximum Gasteiger partial charge on any atom is 0.306 e. The van der Waals surface area contributed by atoms with Gasteiger partial charge in [0.25, 0.3) is 0 Å². The summed E-state index contributed by atoms with van der Waals surface area (Å²) >= 11 is 0. The van der Waals surface area contributed by atoms with E-state index in [0.717, 1.165) is 89.9 Å². The third-order valence-electron chi connectivity index (χ3n) is 14.3. The number of ether oxygens (including phenoxy) is 3. The summed E-state index contributed by atoms with van der Waals surface area (Å²) in [6.07, 6.45) is 74.5. The van der Waals surface area contributed by atoms with Gasteiger partial charge in [-0.15, -0.1) is 0 Å². The number of rotatable bonds is 59. The molecule has 6 nitrogen and oxygen atoms in total. The highest BCUT2D eigenvalue weighted by Gasteiger charge is 2.19. The van der Waals surface area contributed by atoms with E-state index in [1.807, 2.05) is 0 Å². The highest BCUT2D eigenvalue weighted by atomic mass is 16.6. The minimum absolute atomic E-state index is 0.0761. The number of allylic oxidation sites excluding steroid dienone is 6. The summed E-state index contributed by atoms with van der Waals surface area (Å²) in [5, 5.41) is 0. The zero-order chi connectivity index (χ0) is 52.2. The molecule has 0 bridgehead atoms. The van der Waals surface area contributed by atoms with Crippen LogP contribution in [-0.4, -0.2) is 37.2 Å². The molecule has 0 aromatic heterocycles. The summed E-state index contributed by atoms with van der Waals surface area (Å²) in [5.74, 6) is -0.878. The van der Waals surface area contributed by atoms with E-state index >= 15 is 0 Å². The van der Waals surface area contributed by atoms with Gasteiger partial charge in [-0.25, -0.2) is 0 Å². The lowest BCUT2D eigenvalue weighted by Gasteiger charge is -2.18. The smallest absolute Gasteiger partial charge is 0.306 e. The van der Waals surface area contributed by atoms with Gasteiger partial charge in [0.15, 0.2) is 6.10 Å².